The van der Waals surface area contributed by atoms with Crippen LogP contribution >= 0.6 is 46.4 Å². The first-order valence-electron chi connectivity index (χ1n) is 20.2. The van der Waals surface area contributed by atoms with Gasteiger partial charge in [-0.05, 0) is 48.5 Å². The number of halogens is 10. The summed E-state index contributed by atoms with van der Waals surface area (Å²) < 4.78 is 81.0. The molecule has 6 aromatic rings. The van der Waals surface area contributed by atoms with Crippen LogP contribution in [0.2, 0.25) is 20.1 Å². The van der Waals surface area contributed by atoms with Gasteiger partial charge in [0.25, 0.3) is 11.4 Å². The zero-order chi connectivity index (χ0) is 51.0. The SMILES string of the molecule is O=[N+]([O-])c1cc(C=NNc2nc(NCCN3CCN(c4nc(NN=Cc5cc([N+](=O)[O-])c(Cl)cc5Cl)nc(Nc5cccc(C(F)(F)F)c5)n4)CC3)nc(Nc3cccc(C(F)(F)F)c3)n2)c(Cl)cc1Cl. The largest absolute Gasteiger partial charge is 0.416 e. The van der Waals surface area contributed by atoms with Crippen LogP contribution in [0.25, 0.3) is 0 Å². The van der Waals surface area contributed by atoms with Crippen molar-refractivity contribution in [3.05, 3.63) is 135 Å². The number of alkyl halides is 6. The molecule has 370 valence electrons. The molecular formula is C40H31Cl4F6N17O4. The van der Waals surface area contributed by atoms with Gasteiger partial charge >= 0.3 is 12.4 Å². The minimum absolute atomic E-state index is 0.00747. The molecule has 1 aliphatic rings. The lowest BCUT2D eigenvalue weighted by atomic mass is 10.2. The summed E-state index contributed by atoms with van der Waals surface area (Å²) in [5.41, 5.74) is 2.76. The molecule has 2 aromatic heterocycles. The van der Waals surface area contributed by atoms with Crippen molar-refractivity contribution in [2.24, 2.45) is 10.2 Å². The van der Waals surface area contributed by atoms with Crippen molar-refractivity contribution < 1.29 is 36.2 Å². The molecule has 0 spiro atoms. The summed E-state index contributed by atoms with van der Waals surface area (Å²) in [6, 6.07) is 13.3. The van der Waals surface area contributed by atoms with Gasteiger partial charge in [-0.15, -0.1) is 0 Å². The van der Waals surface area contributed by atoms with E-state index in [1.165, 1.54) is 36.4 Å². The van der Waals surface area contributed by atoms with E-state index in [1.807, 2.05) is 0 Å². The fourth-order valence-electron chi connectivity index (χ4n) is 6.38. The number of nitrogens with zero attached hydrogens (tertiary/aromatic N) is 12. The van der Waals surface area contributed by atoms with Crippen molar-refractivity contribution in [2.75, 3.05) is 71.0 Å². The molecular weight excluding hydrogens is 1040 g/mol. The highest BCUT2D eigenvalue weighted by Gasteiger charge is 2.32. The number of piperazine rings is 1. The Morgan fingerprint density at radius 2 is 1.03 bits per heavy atom. The van der Waals surface area contributed by atoms with Crippen LogP contribution in [-0.2, 0) is 12.4 Å². The first-order chi connectivity index (χ1) is 33.7. The van der Waals surface area contributed by atoms with Crippen LogP contribution in [0.15, 0.2) is 83.0 Å². The van der Waals surface area contributed by atoms with Crippen LogP contribution in [0.1, 0.15) is 22.3 Å². The monoisotopic (exact) mass is 1070 g/mol. The molecule has 0 aliphatic carbocycles. The summed E-state index contributed by atoms with van der Waals surface area (Å²) in [4.78, 5) is 51.2. The maximum Gasteiger partial charge on any atom is 0.416 e. The Balaban J connectivity index is 1.05. The average Bonchev–Trinajstić information content (AvgIpc) is 3.30. The van der Waals surface area contributed by atoms with Crippen LogP contribution in [0.5, 0.6) is 0 Å². The number of rotatable bonds is 17. The van der Waals surface area contributed by atoms with Gasteiger partial charge in [-0.2, -0.15) is 66.4 Å². The molecule has 4 aromatic carbocycles. The van der Waals surface area contributed by atoms with Gasteiger partial charge in [0.15, 0.2) is 0 Å². The molecule has 0 amide bonds. The molecule has 0 bridgehead atoms. The van der Waals surface area contributed by atoms with Crippen molar-refractivity contribution in [3.63, 3.8) is 0 Å². The molecule has 7 rings (SSSR count). The first kappa shape index (κ1) is 51.4. The van der Waals surface area contributed by atoms with Crippen molar-refractivity contribution in [1.29, 1.82) is 0 Å². The Bertz CT molecular complexity index is 3020. The minimum atomic E-state index is -4.63. The fourth-order valence-corrected chi connectivity index (χ4v) is 7.38. The van der Waals surface area contributed by atoms with Gasteiger partial charge in [0.2, 0.25) is 35.7 Å². The van der Waals surface area contributed by atoms with Crippen molar-refractivity contribution in [3.8, 4) is 0 Å². The number of hydrogen-bond donors (Lipinski definition) is 5. The number of hydrazone groups is 2. The van der Waals surface area contributed by atoms with Crippen LogP contribution in [0.3, 0.4) is 0 Å². The topological polar surface area (TPSA) is 255 Å². The van der Waals surface area contributed by atoms with Gasteiger partial charge in [0, 0.05) is 73.9 Å². The van der Waals surface area contributed by atoms with E-state index in [2.05, 4.69) is 71.8 Å². The molecule has 71 heavy (non-hydrogen) atoms. The van der Waals surface area contributed by atoms with E-state index in [9.17, 15) is 46.6 Å². The smallest absolute Gasteiger partial charge is 0.353 e. The summed E-state index contributed by atoms with van der Waals surface area (Å²) >= 11 is 24.3. The third kappa shape index (κ3) is 13.9. The van der Waals surface area contributed by atoms with Crippen molar-refractivity contribution >= 4 is 117 Å². The number of hydrogen-bond acceptors (Lipinski definition) is 19. The van der Waals surface area contributed by atoms with Gasteiger partial charge in [-0.25, -0.2) is 10.9 Å². The highest BCUT2D eigenvalue weighted by Crippen LogP contribution is 2.34. The Hall–Kier alpha value is -7.46. The standard InChI is InChI=1S/C40H31Cl4F6N17O4/c41-27-17-29(43)31(66(68)69)13-21(27)19-52-62-36-57-33(56-34(58-36)54-25-5-1-3-23(15-25)39(45,46)47)51-7-8-64-9-11-65(12-10-64)38-60-35(55-26-6-2-4-24(16-26)40(48,49)50)59-37(61-38)63-53-20-22-14-32(67(70)71)30(44)18-28(22)42/h1-6,13-20H,7-12H2,(H2,55,59,60,61,63)(H3,51,54,56,57,58,62). The summed E-state index contributed by atoms with van der Waals surface area (Å²) in [6.45, 7) is 2.25. The predicted octanol–water partition coefficient (Wildman–Crippen LogP) is 10.1. The summed E-state index contributed by atoms with van der Waals surface area (Å²) in [6.07, 6.45) is -6.95. The Kier molecular flexibility index (Phi) is 16.0. The molecule has 1 aliphatic heterocycles. The number of nitro benzene ring substituents is 2. The van der Waals surface area contributed by atoms with E-state index in [-0.39, 0.29) is 84.8 Å². The quantitative estimate of drug-likeness (QED) is 0.0246. The highest BCUT2D eigenvalue weighted by atomic mass is 35.5. The second-order valence-corrected chi connectivity index (χ2v) is 16.3. The highest BCUT2D eigenvalue weighted by molar-refractivity contribution is 6.38. The zero-order valence-corrected chi connectivity index (χ0v) is 38.6. The molecule has 0 unspecified atom stereocenters. The predicted molar refractivity (Wildman–Crippen MR) is 255 cm³/mol. The van der Waals surface area contributed by atoms with E-state index in [0.29, 0.717) is 32.7 Å². The van der Waals surface area contributed by atoms with E-state index in [4.69, 9.17) is 46.4 Å². The number of nitro groups is 2. The lowest BCUT2D eigenvalue weighted by Gasteiger charge is -2.34. The third-order valence-corrected chi connectivity index (χ3v) is 11.0. The van der Waals surface area contributed by atoms with E-state index >= 15 is 0 Å². The van der Waals surface area contributed by atoms with E-state index in [0.717, 1.165) is 48.8 Å². The van der Waals surface area contributed by atoms with E-state index in [1.54, 1.807) is 4.90 Å². The van der Waals surface area contributed by atoms with Gasteiger partial charge in [-0.1, -0.05) is 58.5 Å². The molecule has 5 N–H and O–H groups in total. The molecule has 1 fully saturated rings. The van der Waals surface area contributed by atoms with E-state index < -0.39 is 44.7 Å². The minimum Gasteiger partial charge on any atom is -0.353 e. The summed E-state index contributed by atoms with van der Waals surface area (Å²) in [5, 5.41) is 39.1. The van der Waals surface area contributed by atoms with Gasteiger partial charge < -0.3 is 20.9 Å². The van der Waals surface area contributed by atoms with Crippen LogP contribution in [-0.4, -0.2) is 96.3 Å². The third-order valence-electron chi connectivity index (χ3n) is 9.78. The lowest BCUT2D eigenvalue weighted by Crippen LogP contribution is -2.48. The number of benzene rings is 4. The normalized spacial score (nSPS) is 13.4. The number of anilines is 8. The molecule has 0 radical (unpaired) electrons. The lowest BCUT2D eigenvalue weighted by molar-refractivity contribution is -0.384. The van der Waals surface area contributed by atoms with Crippen LogP contribution in [0.4, 0.5) is 84.8 Å². The van der Waals surface area contributed by atoms with Gasteiger partial charge in [0.1, 0.15) is 10.0 Å². The number of nitrogens with one attached hydrogen (secondary N) is 5. The average molecular weight is 1070 g/mol. The molecule has 31 heteroatoms. The van der Waals surface area contributed by atoms with Crippen LogP contribution < -0.4 is 31.7 Å². The maximum atomic E-state index is 13.5. The summed E-state index contributed by atoms with van der Waals surface area (Å²) in [5.74, 6) is -0.548. The second kappa shape index (κ2) is 22.1. The Morgan fingerprint density at radius 3 is 1.51 bits per heavy atom. The maximum absolute atomic E-state index is 13.5. The Labute approximate surface area is 415 Å². The molecule has 0 saturated carbocycles. The fraction of sp³-hybridized carbons (Fsp3) is 0.200. The molecule has 3 heterocycles. The van der Waals surface area contributed by atoms with Crippen molar-refractivity contribution in [2.45, 2.75) is 12.4 Å². The number of aromatic nitrogens is 6. The second-order valence-electron chi connectivity index (χ2n) is 14.7. The van der Waals surface area contributed by atoms with Gasteiger partial charge in [-0.3, -0.25) is 25.1 Å². The molecule has 21 nitrogen and oxygen atoms in total. The molecule has 1 saturated heterocycles. The van der Waals surface area contributed by atoms with Gasteiger partial charge in [0.05, 0.1) is 43.4 Å². The zero-order valence-electron chi connectivity index (χ0n) is 35.6. The first-order valence-corrected chi connectivity index (χ1v) is 21.7. The van der Waals surface area contributed by atoms with Crippen molar-refractivity contribution in [1.82, 2.24) is 34.8 Å². The summed E-state index contributed by atoms with van der Waals surface area (Å²) in [7, 11) is 0. The molecule has 0 atom stereocenters. The van der Waals surface area contributed by atoms with Crippen LogP contribution in [0, 0.1) is 20.2 Å². The Morgan fingerprint density at radius 1 is 0.592 bits per heavy atom.